The minimum absolute atomic E-state index is 0.178. The standard InChI is InChI=1S/C23H24FN3O2/c1-29-21-4-2-3-18(15-21)12-13-25-22-10-7-19(16-27-22)23(28)26-14-11-17-5-8-20(24)9-6-17/h2-10,15-16H,11-14H2,1H3,(H,25,27)(H,26,28). The molecule has 0 saturated heterocycles. The fourth-order valence-corrected chi connectivity index (χ4v) is 2.87. The lowest BCUT2D eigenvalue weighted by molar-refractivity contribution is 0.0954. The van der Waals surface area contributed by atoms with E-state index in [9.17, 15) is 9.18 Å². The zero-order valence-electron chi connectivity index (χ0n) is 16.3. The summed E-state index contributed by atoms with van der Waals surface area (Å²) in [6.07, 6.45) is 3.04. The first-order valence-corrected chi connectivity index (χ1v) is 9.49. The predicted octanol–water partition coefficient (Wildman–Crippen LogP) is 3.86. The molecule has 2 aromatic carbocycles. The molecule has 0 aliphatic heterocycles. The number of nitrogens with zero attached hydrogens (tertiary/aromatic N) is 1. The first kappa shape index (κ1) is 20.3. The number of halogens is 1. The van der Waals surface area contributed by atoms with Gasteiger partial charge < -0.3 is 15.4 Å². The summed E-state index contributed by atoms with van der Waals surface area (Å²) in [5, 5.41) is 6.10. The summed E-state index contributed by atoms with van der Waals surface area (Å²) >= 11 is 0. The van der Waals surface area contributed by atoms with Gasteiger partial charge in [-0.2, -0.15) is 0 Å². The largest absolute Gasteiger partial charge is 0.497 e. The molecule has 0 fully saturated rings. The predicted molar refractivity (Wildman–Crippen MR) is 112 cm³/mol. The molecule has 6 heteroatoms. The quantitative estimate of drug-likeness (QED) is 0.580. The molecule has 1 aromatic heterocycles. The number of carbonyl (C=O) groups is 1. The average Bonchev–Trinajstić information content (AvgIpc) is 2.76. The third-order valence-corrected chi connectivity index (χ3v) is 4.49. The number of pyridine rings is 1. The van der Waals surface area contributed by atoms with Gasteiger partial charge in [0, 0.05) is 19.3 Å². The van der Waals surface area contributed by atoms with Crippen LogP contribution in [0.1, 0.15) is 21.5 Å². The number of hydrogen-bond acceptors (Lipinski definition) is 4. The van der Waals surface area contributed by atoms with Gasteiger partial charge in [-0.15, -0.1) is 0 Å². The molecule has 0 saturated carbocycles. The van der Waals surface area contributed by atoms with E-state index in [1.165, 1.54) is 17.7 Å². The van der Waals surface area contributed by atoms with Gasteiger partial charge in [0.2, 0.25) is 0 Å². The van der Waals surface area contributed by atoms with Gasteiger partial charge in [-0.1, -0.05) is 24.3 Å². The van der Waals surface area contributed by atoms with Crippen LogP contribution in [0, 0.1) is 5.82 Å². The third kappa shape index (κ3) is 6.31. The first-order chi connectivity index (χ1) is 14.1. The van der Waals surface area contributed by atoms with Crippen molar-refractivity contribution >= 4 is 11.7 Å². The topological polar surface area (TPSA) is 63.2 Å². The summed E-state index contributed by atoms with van der Waals surface area (Å²) in [5.74, 6) is 1.12. The average molecular weight is 393 g/mol. The van der Waals surface area contributed by atoms with Gasteiger partial charge in [-0.05, 0) is 60.4 Å². The van der Waals surface area contributed by atoms with Gasteiger partial charge in [0.15, 0.2) is 0 Å². The highest BCUT2D eigenvalue weighted by Crippen LogP contribution is 2.13. The number of ether oxygens (including phenoxy) is 1. The van der Waals surface area contributed by atoms with Crippen molar-refractivity contribution < 1.29 is 13.9 Å². The fraction of sp³-hybridized carbons (Fsp3) is 0.217. The summed E-state index contributed by atoms with van der Waals surface area (Å²) in [7, 11) is 1.65. The summed E-state index contributed by atoms with van der Waals surface area (Å²) in [6, 6.07) is 17.8. The minimum atomic E-state index is -0.263. The van der Waals surface area contributed by atoms with Crippen molar-refractivity contribution in [2.24, 2.45) is 0 Å². The van der Waals surface area contributed by atoms with Crippen molar-refractivity contribution in [2.45, 2.75) is 12.8 Å². The summed E-state index contributed by atoms with van der Waals surface area (Å²) in [4.78, 5) is 16.5. The van der Waals surface area contributed by atoms with Crippen LogP contribution in [0.15, 0.2) is 66.9 Å². The Morgan fingerprint density at radius 3 is 2.52 bits per heavy atom. The van der Waals surface area contributed by atoms with E-state index in [0.29, 0.717) is 18.5 Å². The Kier molecular flexibility index (Phi) is 7.16. The van der Waals surface area contributed by atoms with E-state index >= 15 is 0 Å². The number of amides is 1. The molecule has 5 nitrogen and oxygen atoms in total. The molecule has 0 atom stereocenters. The van der Waals surface area contributed by atoms with Crippen LogP contribution in [0.25, 0.3) is 0 Å². The van der Waals surface area contributed by atoms with Gasteiger partial charge in [0.1, 0.15) is 17.4 Å². The molecule has 150 valence electrons. The number of methoxy groups -OCH3 is 1. The fourth-order valence-electron chi connectivity index (χ4n) is 2.87. The maximum atomic E-state index is 12.9. The van der Waals surface area contributed by atoms with E-state index in [2.05, 4.69) is 21.7 Å². The highest BCUT2D eigenvalue weighted by atomic mass is 19.1. The Morgan fingerprint density at radius 1 is 1.00 bits per heavy atom. The van der Waals surface area contributed by atoms with Crippen LogP contribution in [0.3, 0.4) is 0 Å². The summed E-state index contributed by atoms with van der Waals surface area (Å²) in [6.45, 7) is 1.20. The molecule has 0 bridgehead atoms. The van der Waals surface area contributed by atoms with E-state index in [0.717, 1.165) is 30.1 Å². The molecule has 0 aliphatic carbocycles. The molecule has 0 aliphatic rings. The number of rotatable bonds is 9. The maximum Gasteiger partial charge on any atom is 0.252 e. The Bertz CT molecular complexity index is 928. The number of carbonyl (C=O) groups excluding carboxylic acids is 1. The first-order valence-electron chi connectivity index (χ1n) is 9.49. The molecule has 2 N–H and O–H groups in total. The highest BCUT2D eigenvalue weighted by Gasteiger charge is 2.06. The Labute approximate surface area is 169 Å². The number of nitrogens with one attached hydrogen (secondary N) is 2. The molecule has 3 aromatic rings. The zero-order valence-corrected chi connectivity index (χ0v) is 16.3. The molecule has 29 heavy (non-hydrogen) atoms. The van der Waals surface area contributed by atoms with Gasteiger partial charge in [0.25, 0.3) is 5.91 Å². The molecule has 1 amide bonds. The number of aromatic nitrogens is 1. The van der Waals surface area contributed by atoms with Crippen LogP contribution in [0.4, 0.5) is 10.2 Å². The van der Waals surface area contributed by atoms with E-state index < -0.39 is 0 Å². The number of anilines is 1. The normalized spacial score (nSPS) is 10.4. The second-order valence-electron chi connectivity index (χ2n) is 6.59. The van der Waals surface area contributed by atoms with Gasteiger partial charge in [0.05, 0.1) is 12.7 Å². The molecule has 1 heterocycles. The van der Waals surface area contributed by atoms with Crippen molar-refractivity contribution in [1.82, 2.24) is 10.3 Å². The van der Waals surface area contributed by atoms with Crippen LogP contribution in [0.2, 0.25) is 0 Å². The number of benzene rings is 2. The lowest BCUT2D eigenvalue weighted by Crippen LogP contribution is -2.25. The van der Waals surface area contributed by atoms with Crippen LogP contribution in [0.5, 0.6) is 5.75 Å². The van der Waals surface area contributed by atoms with Crippen LogP contribution >= 0.6 is 0 Å². The van der Waals surface area contributed by atoms with Crippen molar-refractivity contribution in [3.63, 3.8) is 0 Å². The molecular formula is C23H24FN3O2. The molecule has 0 spiro atoms. The zero-order chi connectivity index (χ0) is 20.5. The third-order valence-electron chi connectivity index (χ3n) is 4.49. The van der Waals surface area contributed by atoms with Gasteiger partial charge in [-0.3, -0.25) is 4.79 Å². The van der Waals surface area contributed by atoms with Crippen molar-refractivity contribution in [3.8, 4) is 5.75 Å². The molecule has 0 radical (unpaired) electrons. The lowest BCUT2D eigenvalue weighted by atomic mass is 10.1. The maximum absolute atomic E-state index is 12.9. The van der Waals surface area contributed by atoms with Crippen LogP contribution < -0.4 is 15.4 Å². The summed E-state index contributed by atoms with van der Waals surface area (Å²) < 4.78 is 18.1. The van der Waals surface area contributed by atoms with Crippen molar-refractivity contribution in [3.05, 3.63) is 89.4 Å². The van der Waals surface area contributed by atoms with Gasteiger partial charge >= 0.3 is 0 Å². The van der Waals surface area contributed by atoms with Gasteiger partial charge in [-0.25, -0.2) is 9.37 Å². The van der Waals surface area contributed by atoms with Crippen molar-refractivity contribution in [2.75, 3.05) is 25.5 Å². The van der Waals surface area contributed by atoms with E-state index in [-0.39, 0.29) is 11.7 Å². The minimum Gasteiger partial charge on any atom is -0.497 e. The van der Waals surface area contributed by atoms with E-state index in [1.54, 1.807) is 37.6 Å². The Balaban J connectivity index is 1.42. The van der Waals surface area contributed by atoms with Crippen LogP contribution in [-0.2, 0) is 12.8 Å². The second kappa shape index (κ2) is 10.2. The Hall–Kier alpha value is -3.41. The highest BCUT2D eigenvalue weighted by molar-refractivity contribution is 5.94. The molecule has 3 rings (SSSR count). The SMILES string of the molecule is COc1cccc(CCNc2ccc(C(=O)NCCc3ccc(F)cc3)cn2)c1. The Morgan fingerprint density at radius 2 is 1.79 bits per heavy atom. The monoisotopic (exact) mass is 393 g/mol. The molecule has 0 unspecified atom stereocenters. The van der Waals surface area contributed by atoms with E-state index in [4.69, 9.17) is 4.74 Å². The molecular weight excluding hydrogens is 369 g/mol. The summed E-state index contributed by atoms with van der Waals surface area (Å²) in [5.41, 5.74) is 2.65. The number of hydrogen-bond donors (Lipinski definition) is 2. The van der Waals surface area contributed by atoms with Crippen molar-refractivity contribution in [1.29, 1.82) is 0 Å². The lowest BCUT2D eigenvalue weighted by Gasteiger charge is -2.08. The van der Waals surface area contributed by atoms with E-state index in [1.807, 2.05) is 18.2 Å². The smallest absolute Gasteiger partial charge is 0.252 e. The second-order valence-corrected chi connectivity index (χ2v) is 6.59. The van der Waals surface area contributed by atoms with Crippen LogP contribution in [-0.4, -0.2) is 31.1 Å².